The maximum Gasteiger partial charge on any atom is 0.311 e. The van der Waals surface area contributed by atoms with Crippen molar-refractivity contribution >= 4 is 17.3 Å². The SMILES string of the molecule is CCOc1ccc(C(=O)Nc2cccc([C@@H](C)O)c2)cc1[N+](=O)[O-]. The average molecular weight is 330 g/mol. The molecule has 2 aromatic carbocycles. The lowest BCUT2D eigenvalue weighted by Crippen LogP contribution is -2.12. The van der Waals surface area contributed by atoms with Gasteiger partial charge in [0, 0.05) is 17.3 Å². The average Bonchev–Trinajstić information content (AvgIpc) is 2.55. The van der Waals surface area contributed by atoms with Crippen LogP contribution in [0.1, 0.15) is 35.9 Å². The first-order chi connectivity index (χ1) is 11.4. The molecule has 1 amide bonds. The summed E-state index contributed by atoms with van der Waals surface area (Å²) in [6.07, 6.45) is -0.659. The number of nitrogens with one attached hydrogen (secondary N) is 1. The lowest BCUT2D eigenvalue weighted by atomic mass is 10.1. The fourth-order valence-corrected chi connectivity index (χ4v) is 2.16. The summed E-state index contributed by atoms with van der Waals surface area (Å²) in [6, 6.07) is 10.8. The highest BCUT2D eigenvalue weighted by atomic mass is 16.6. The molecule has 2 aromatic rings. The number of nitrogens with zero attached hydrogens (tertiary/aromatic N) is 1. The topological polar surface area (TPSA) is 102 Å². The number of aliphatic hydroxyl groups excluding tert-OH is 1. The van der Waals surface area contributed by atoms with Gasteiger partial charge in [0.25, 0.3) is 5.91 Å². The van der Waals surface area contributed by atoms with Crippen molar-refractivity contribution in [1.82, 2.24) is 0 Å². The Morgan fingerprint density at radius 2 is 2.08 bits per heavy atom. The molecule has 0 saturated carbocycles. The number of benzene rings is 2. The lowest BCUT2D eigenvalue weighted by Gasteiger charge is -2.10. The number of nitro groups is 1. The number of carbonyl (C=O) groups excluding carboxylic acids is 1. The van der Waals surface area contributed by atoms with E-state index in [1.807, 2.05) is 0 Å². The Morgan fingerprint density at radius 3 is 2.71 bits per heavy atom. The van der Waals surface area contributed by atoms with E-state index < -0.39 is 16.9 Å². The third kappa shape index (κ3) is 4.08. The number of anilines is 1. The van der Waals surface area contributed by atoms with Gasteiger partial charge in [-0.25, -0.2) is 0 Å². The molecule has 0 aliphatic heterocycles. The third-order valence-electron chi connectivity index (χ3n) is 3.34. The minimum Gasteiger partial charge on any atom is -0.487 e. The van der Waals surface area contributed by atoms with E-state index in [2.05, 4.69) is 5.32 Å². The van der Waals surface area contributed by atoms with Crippen molar-refractivity contribution in [2.45, 2.75) is 20.0 Å². The Hall–Kier alpha value is -2.93. The second-order valence-corrected chi connectivity index (χ2v) is 5.13. The fourth-order valence-electron chi connectivity index (χ4n) is 2.16. The van der Waals surface area contributed by atoms with Crippen LogP contribution in [0.3, 0.4) is 0 Å². The van der Waals surface area contributed by atoms with Gasteiger partial charge in [-0.05, 0) is 43.7 Å². The summed E-state index contributed by atoms with van der Waals surface area (Å²) in [5.74, 6) is -0.362. The van der Waals surface area contributed by atoms with E-state index >= 15 is 0 Å². The molecule has 0 heterocycles. The second-order valence-electron chi connectivity index (χ2n) is 5.13. The van der Waals surface area contributed by atoms with Gasteiger partial charge >= 0.3 is 5.69 Å². The Morgan fingerprint density at radius 1 is 1.33 bits per heavy atom. The molecule has 126 valence electrons. The number of nitro benzene ring substituents is 1. The molecule has 7 nitrogen and oxygen atoms in total. The van der Waals surface area contributed by atoms with Crippen LogP contribution in [0.4, 0.5) is 11.4 Å². The summed E-state index contributed by atoms with van der Waals surface area (Å²) in [4.78, 5) is 22.8. The molecule has 7 heteroatoms. The summed E-state index contributed by atoms with van der Waals surface area (Å²) in [5.41, 5.74) is 1.04. The van der Waals surface area contributed by atoms with Crippen LogP contribution in [0.25, 0.3) is 0 Å². The van der Waals surface area contributed by atoms with Crippen molar-refractivity contribution in [1.29, 1.82) is 0 Å². The van der Waals surface area contributed by atoms with Crippen LogP contribution in [-0.2, 0) is 0 Å². The van der Waals surface area contributed by atoms with E-state index in [1.165, 1.54) is 18.2 Å². The smallest absolute Gasteiger partial charge is 0.311 e. The van der Waals surface area contributed by atoms with Crippen LogP contribution >= 0.6 is 0 Å². The summed E-state index contributed by atoms with van der Waals surface area (Å²) in [6.45, 7) is 3.63. The van der Waals surface area contributed by atoms with Gasteiger partial charge in [-0.1, -0.05) is 12.1 Å². The Balaban J connectivity index is 2.25. The summed E-state index contributed by atoms with van der Waals surface area (Å²) in [5, 5.41) is 23.3. The molecule has 1 atom stereocenters. The number of carbonyl (C=O) groups is 1. The molecule has 0 fully saturated rings. The van der Waals surface area contributed by atoms with Crippen LogP contribution in [0.2, 0.25) is 0 Å². The van der Waals surface area contributed by atoms with Crippen molar-refractivity contribution in [2.24, 2.45) is 0 Å². The van der Waals surface area contributed by atoms with Gasteiger partial charge in [0.05, 0.1) is 17.6 Å². The van der Waals surface area contributed by atoms with E-state index in [9.17, 15) is 20.0 Å². The second kappa shape index (κ2) is 7.56. The monoisotopic (exact) mass is 330 g/mol. The van der Waals surface area contributed by atoms with Crippen LogP contribution in [0.15, 0.2) is 42.5 Å². The van der Waals surface area contributed by atoms with E-state index in [0.717, 1.165) is 0 Å². The quantitative estimate of drug-likeness (QED) is 0.625. The highest BCUT2D eigenvalue weighted by molar-refractivity contribution is 6.04. The van der Waals surface area contributed by atoms with Gasteiger partial charge in [-0.15, -0.1) is 0 Å². The van der Waals surface area contributed by atoms with Gasteiger partial charge in [0.15, 0.2) is 5.75 Å². The zero-order valence-electron chi connectivity index (χ0n) is 13.4. The van der Waals surface area contributed by atoms with E-state index in [0.29, 0.717) is 17.9 Å². The van der Waals surface area contributed by atoms with Gasteiger partial charge < -0.3 is 15.2 Å². The van der Waals surface area contributed by atoms with Crippen molar-refractivity contribution in [2.75, 3.05) is 11.9 Å². The minimum absolute atomic E-state index is 0.121. The number of aliphatic hydroxyl groups is 1. The molecule has 2 rings (SSSR count). The first-order valence-electron chi connectivity index (χ1n) is 7.43. The molecule has 0 saturated heterocycles. The van der Waals surface area contributed by atoms with Crippen LogP contribution < -0.4 is 10.1 Å². The number of hydrogen-bond donors (Lipinski definition) is 2. The van der Waals surface area contributed by atoms with Crippen molar-refractivity contribution in [3.8, 4) is 5.75 Å². The molecular formula is C17H18N2O5. The first kappa shape index (κ1) is 17.4. The predicted octanol–water partition coefficient (Wildman–Crippen LogP) is 3.30. The van der Waals surface area contributed by atoms with Crippen molar-refractivity contribution < 1.29 is 19.6 Å². The van der Waals surface area contributed by atoms with Gasteiger partial charge in [0.2, 0.25) is 0 Å². The Kier molecular flexibility index (Phi) is 5.49. The molecule has 0 unspecified atom stereocenters. The van der Waals surface area contributed by atoms with Gasteiger partial charge in [-0.2, -0.15) is 0 Å². The fraction of sp³-hybridized carbons (Fsp3) is 0.235. The zero-order chi connectivity index (χ0) is 17.7. The highest BCUT2D eigenvalue weighted by Crippen LogP contribution is 2.28. The molecule has 0 spiro atoms. The van der Waals surface area contributed by atoms with Gasteiger partial charge in [-0.3, -0.25) is 14.9 Å². The Labute approximate surface area is 139 Å². The van der Waals surface area contributed by atoms with E-state index in [-0.39, 0.29) is 17.0 Å². The molecule has 0 aromatic heterocycles. The molecule has 0 aliphatic rings. The number of hydrogen-bond acceptors (Lipinski definition) is 5. The first-order valence-corrected chi connectivity index (χ1v) is 7.43. The zero-order valence-corrected chi connectivity index (χ0v) is 13.4. The molecule has 24 heavy (non-hydrogen) atoms. The highest BCUT2D eigenvalue weighted by Gasteiger charge is 2.18. The van der Waals surface area contributed by atoms with E-state index in [4.69, 9.17) is 4.74 Å². The molecule has 2 N–H and O–H groups in total. The van der Waals surface area contributed by atoms with E-state index in [1.54, 1.807) is 38.1 Å². The maximum absolute atomic E-state index is 12.3. The standard InChI is InChI=1S/C17H18N2O5/c1-3-24-16-8-7-13(10-15(16)19(22)23)17(21)18-14-6-4-5-12(9-14)11(2)20/h4-11,20H,3H2,1-2H3,(H,18,21)/t11-/m1/s1. The number of amides is 1. The molecule has 0 aliphatic carbocycles. The van der Waals surface area contributed by atoms with Crippen molar-refractivity contribution in [3.63, 3.8) is 0 Å². The van der Waals surface area contributed by atoms with Crippen LogP contribution in [-0.4, -0.2) is 22.5 Å². The predicted molar refractivity (Wildman–Crippen MR) is 89.3 cm³/mol. The normalized spacial score (nSPS) is 11.6. The lowest BCUT2D eigenvalue weighted by molar-refractivity contribution is -0.385. The minimum atomic E-state index is -0.659. The van der Waals surface area contributed by atoms with Gasteiger partial charge in [0.1, 0.15) is 0 Å². The third-order valence-corrected chi connectivity index (χ3v) is 3.34. The number of ether oxygens (including phenoxy) is 1. The maximum atomic E-state index is 12.3. The summed E-state index contributed by atoms with van der Waals surface area (Å²) >= 11 is 0. The van der Waals surface area contributed by atoms with Crippen molar-refractivity contribution in [3.05, 3.63) is 63.7 Å². The van der Waals surface area contributed by atoms with Crippen LogP contribution in [0, 0.1) is 10.1 Å². The largest absolute Gasteiger partial charge is 0.487 e. The summed E-state index contributed by atoms with van der Waals surface area (Å²) < 4.78 is 5.19. The summed E-state index contributed by atoms with van der Waals surface area (Å²) in [7, 11) is 0. The number of rotatable bonds is 6. The van der Waals surface area contributed by atoms with Crippen LogP contribution in [0.5, 0.6) is 5.75 Å². The Bertz CT molecular complexity index is 758. The molecular weight excluding hydrogens is 312 g/mol. The molecule has 0 bridgehead atoms. The molecule has 0 radical (unpaired) electrons.